The third-order valence-electron chi connectivity index (χ3n) is 6.86. The molecule has 1 saturated heterocycles. The zero-order valence-corrected chi connectivity index (χ0v) is 22.2. The second-order valence-electron chi connectivity index (χ2n) is 9.87. The van der Waals surface area contributed by atoms with E-state index in [-0.39, 0.29) is 17.9 Å². The number of nitrogens with zero attached hydrogens (tertiary/aromatic N) is 1. The molecule has 7 heteroatoms. The van der Waals surface area contributed by atoms with Crippen molar-refractivity contribution in [3.05, 3.63) is 71.3 Å². The van der Waals surface area contributed by atoms with Gasteiger partial charge in [-0.2, -0.15) is 0 Å². The topological polar surface area (TPSA) is 96.3 Å². The van der Waals surface area contributed by atoms with Gasteiger partial charge < -0.3 is 19.7 Å². The zero-order chi connectivity index (χ0) is 27.0. The summed E-state index contributed by atoms with van der Waals surface area (Å²) in [7, 11) is 0. The number of benzene rings is 2. The first-order valence-corrected chi connectivity index (χ1v) is 13.8. The van der Waals surface area contributed by atoms with Crippen LogP contribution in [-0.2, 0) is 16.0 Å². The van der Waals surface area contributed by atoms with Gasteiger partial charge in [0.05, 0.1) is 25.4 Å². The summed E-state index contributed by atoms with van der Waals surface area (Å²) in [5.74, 6) is -0.635. The summed E-state index contributed by atoms with van der Waals surface area (Å²) in [5.41, 5.74) is 2.36. The van der Waals surface area contributed by atoms with Crippen molar-refractivity contribution < 1.29 is 29.3 Å². The molecule has 1 unspecified atom stereocenters. The molecule has 1 fully saturated rings. The van der Waals surface area contributed by atoms with Crippen molar-refractivity contribution in [2.75, 3.05) is 39.5 Å². The van der Waals surface area contributed by atoms with E-state index in [1.165, 1.54) is 6.42 Å². The largest absolute Gasteiger partial charge is 0.493 e. The molecule has 206 valence electrons. The van der Waals surface area contributed by atoms with Crippen LogP contribution in [0.15, 0.2) is 54.6 Å². The minimum atomic E-state index is -0.935. The average molecular weight is 524 g/mol. The predicted octanol–water partition coefficient (Wildman–Crippen LogP) is 5.78. The first kappa shape index (κ1) is 29.4. The van der Waals surface area contributed by atoms with Crippen LogP contribution in [0.3, 0.4) is 0 Å². The molecular formula is C31H41NO6. The molecule has 1 atom stereocenters. The van der Waals surface area contributed by atoms with Crippen LogP contribution < -0.4 is 4.74 Å². The summed E-state index contributed by atoms with van der Waals surface area (Å²) in [6.45, 7) is 5.55. The van der Waals surface area contributed by atoms with Gasteiger partial charge in [0.15, 0.2) is 0 Å². The van der Waals surface area contributed by atoms with Crippen molar-refractivity contribution in [1.29, 1.82) is 0 Å². The van der Waals surface area contributed by atoms with Crippen molar-refractivity contribution in [1.82, 2.24) is 4.90 Å². The maximum atomic E-state index is 11.2. The van der Waals surface area contributed by atoms with Gasteiger partial charge in [0.25, 0.3) is 0 Å². The Morgan fingerprint density at radius 2 is 1.71 bits per heavy atom. The summed E-state index contributed by atoms with van der Waals surface area (Å²) >= 11 is 0. The summed E-state index contributed by atoms with van der Waals surface area (Å²) < 4.78 is 11.5. The van der Waals surface area contributed by atoms with E-state index in [2.05, 4.69) is 17.1 Å². The number of allylic oxidation sites excluding steroid dienone is 1. The van der Waals surface area contributed by atoms with E-state index < -0.39 is 11.9 Å². The van der Waals surface area contributed by atoms with E-state index in [1.807, 2.05) is 36.4 Å². The molecule has 3 rings (SSSR count). The molecule has 2 N–H and O–H groups in total. The van der Waals surface area contributed by atoms with Crippen LogP contribution in [0.25, 0.3) is 6.08 Å². The normalized spacial score (nSPS) is 14.9. The number of hydrogen-bond acceptors (Lipinski definition) is 5. The Labute approximate surface area is 226 Å². The van der Waals surface area contributed by atoms with Crippen molar-refractivity contribution in [3.63, 3.8) is 0 Å². The van der Waals surface area contributed by atoms with Crippen LogP contribution in [0.1, 0.15) is 66.4 Å². The van der Waals surface area contributed by atoms with Crippen molar-refractivity contribution in [3.8, 4) is 5.75 Å². The highest BCUT2D eigenvalue weighted by Crippen LogP contribution is 2.24. The second kappa shape index (κ2) is 16.6. The Bertz CT molecular complexity index is 1010. The molecule has 0 amide bonds. The van der Waals surface area contributed by atoms with E-state index >= 15 is 0 Å². The fraction of sp³-hybridized carbons (Fsp3) is 0.484. The maximum absolute atomic E-state index is 11.2. The van der Waals surface area contributed by atoms with Gasteiger partial charge in [-0.15, -0.1) is 0 Å². The zero-order valence-electron chi connectivity index (χ0n) is 22.2. The fourth-order valence-corrected chi connectivity index (χ4v) is 4.65. The molecule has 0 radical (unpaired) electrons. The van der Waals surface area contributed by atoms with E-state index in [0.717, 1.165) is 81.8 Å². The highest BCUT2D eigenvalue weighted by molar-refractivity contribution is 5.87. The highest BCUT2D eigenvalue weighted by atomic mass is 16.5. The van der Waals surface area contributed by atoms with Gasteiger partial charge in [-0.1, -0.05) is 48.9 Å². The van der Waals surface area contributed by atoms with Crippen LogP contribution >= 0.6 is 0 Å². The molecular weight excluding hydrogens is 482 g/mol. The molecule has 38 heavy (non-hydrogen) atoms. The molecule has 2 aromatic rings. The third kappa shape index (κ3) is 11.1. The Morgan fingerprint density at radius 1 is 0.947 bits per heavy atom. The Hall–Kier alpha value is -3.16. The number of para-hydroxylation sites is 1. The van der Waals surface area contributed by atoms with Crippen LogP contribution in [0.5, 0.6) is 5.75 Å². The lowest BCUT2D eigenvalue weighted by atomic mass is 9.92. The molecule has 0 aliphatic carbocycles. The van der Waals surface area contributed by atoms with Crippen LogP contribution in [0.4, 0.5) is 0 Å². The summed E-state index contributed by atoms with van der Waals surface area (Å²) in [6, 6.07) is 15.0. The minimum absolute atomic E-state index is 0.173. The van der Waals surface area contributed by atoms with Crippen molar-refractivity contribution in [2.24, 2.45) is 5.92 Å². The number of aromatic carboxylic acids is 1. The number of rotatable bonds is 17. The highest BCUT2D eigenvalue weighted by Gasteiger charge is 2.11. The number of hydrogen-bond donors (Lipinski definition) is 2. The first-order chi connectivity index (χ1) is 18.5. The van der Waals surface area contributed by atoms with Gasteiger partial charge in [0, 0.05) is 25.1 Å². The summed E-state index contributed by atoms with van der Waals surface area (Å²) in [4.78, 5) is 24.5. The fourth-order valence-electron chi connectivity index (χ4n) is 4.65. The van der Waals surface area contributed by atoms with Crippen LogP contribution in [0.2, 0.25) is 0 Å². The number of unbranched alkanes of at least 4 members (excludes halogenated alkanes) is 3. The number of carboxylic acid groups (broad SMARTS) is 2. The maximum Gasteiger partial charge on any atom is 0.335 e. The molecule has 0 saturated carbocycles. The predicted molar refractivity (Wildman–Crippen MR) is 149 cm³/mol. The van der Waals surface area contributed by atoms with Crippen LogP contribution in [-0.4, -0.2) is 66.5 Å². The second-order valence-corrected chi connectivity index (χ2v) is 9.87. The molecule has 0 bridgehead atoms. The van der Waals surface area contributed by atoms with E-state index in [1.54, 1.807) is 12.1 Å². The Morgan fingerprint density at radius 3 is 2.45 bits per heavy atom. The van der Waals surface area contributed by atoms with E-state index in [4.69, 9.17) is 19.7 Å². The van der Waals surface area contributed by atoms with Crippen molar-refractivity contribution in [2.45, 2.75) is 51.4 Å². The number of carbonyl (C=O) groups is 2. The quantitative estimate of drug-likeness (QED) is 0.254. The molecule has 1 heterocycles. The number of morpholine rings is 1. The first-order valence-electron chi connectivity index (χ1n) is 13.8. The number of ether oxygens (including phenoxy) is 2. The standard InChI is InChI=1S/C31H41NO6/c33-30(34)11-5-2-8-25(24-26-13-16-28(17-14-26)31(35)36)12-15-27-9-3-4-10-29(27)38-21-7-1-6-18-32-19-22-37-23-20-32/h3-4,9-10,12-17,25H,1-2,5-8,11,18-24H2,(H,33,34)(H,35,36). The third-order valence-corrected chi connectivity index (χ3v) is 6.86. The molecule has 1 aliphatic rings. The van der Waals surface area contributed by atoms with Gasteiger partial charge in [0.2, 0.25) is 0 Å². The molecule has 0 spiro atoms. The molecule has 7 nitrogen and oxygen atoms in total. The van der Waals surface area contributed by atoms with Gasteiger partial charge in [-0.05, 0) is 74.8 Å². The van der Waals surface area contributed by atoms with Crippen molar-refractivity contribution >= 4 is 18.0 Å². The average Bonchev–Trinajstić information content (AvgIpc) is 2.92. The van der Waals surface area contributed by atoms with Gasteiger partial charge in [0.1, 0.15) is 5.75 Å². The molecule has 1 aliphatic heterocycles. The van der Waals surface area contributed by atoms with E-state index in [0.29, 0.717) is 13.0 Å². The number of carboxylic acids is 2. The van der Waals surface area contributed by atoms with E-state index in [9.17, 15) is 9.59 Å². The number of aliphatic carboxylic acids is 1. The SMILES string of the molecule is O=C(O)CCCCC(C=Cc1ccccc1OCCCCCN1CCOCC1)Cc1ccc(C(=O)O)cc1. The molecule has 2 aromatic carbocycles. The molecule has 0 aromatic heterocycles. The lowest BCUT2D eigenvalue weighted by Gasteiger charge is -2.26. The minimum Gasteiger partial charge on any atom is -0.493 e. The lowest BCUT2D eigenvalue weighted by molar-refractivity contribution is -0.137. The smallest absolute Gasteiger partial charge is 0.335 e. The Kier molecular flexibility index (Phi) is 12.9. The van der Waals surface area contributed by atoms with Gasteiger partial charge >= 0.3 is 11.9 Å². The summed E-state index contributed by atoms with van der Waals surface area (Å²) in [5, 5.41) is 18.1. The Balaban J connectivity index is 1.53. The monoisotopic (exact) mass is 523 g/mol. The lowest BCUT2D eigenvalue weighted by Crippen LogP contribution is -2.36. The van der Waals surface area contributed by atoms with Crippen LogP contribution in [0, 0.1) is 5.92 Å². The van der Waals surface area contributed by atoms with Gasteiger partial charge in [-0.3, -0.25) is 9.69 Å². The summed E-state index contributed by atoms with van der Waals surface area (Å²) in [6.07, 6.45) is 10.8. The van der Waals surface area contributed by atoms with Gasteiger partial charge in [-0.25, -0.2) is 4.79 Å².